The summed E-state index contributed by atoms with van der Waals surface area (Å²) in [4.78, 5) is 13.3. The minimum Gasteiger partial charge on any atom is -0.394 e. The van der Waals surface area contributed by atoms with Gasteiger partial charge in [0.05, 0.1) is 25.4 Å². The van der Waals surface area contributed by atoms with Crippen LogP contribution >= 0.6 is 0 Å². The molecule has 0 aromatic rings. The summed E-state index contributed by atoms with van der Waals surface area (Å²) in [6.07, 6.45) is 67.8. The molecular formula is C75H149NO10. The molecule has 0 bridgehead atoms. The number of aliphatic hydroxyl groups excluding tert-OH is 7. The highest BCUT2D eigenvalue weighted by Crippen LogP contribution is 2.25. The lowest BCUT2D eigenvalue weighted by atomic mass is 9.98. The van der Waals surface area contributed by atoms with Gasteiger partial charge >= 0.3 is 0 Å². The zero-order chi connectivity index (χ0) is 62.4. The molecule has 0 aromatic carbocycles. The fraction of sp³-hybridized carbons (Fsp3) is 0.987. The minimum absolute atomic E-state index is 0.268. The maximum atomic E-state index is 13.3. The van der Waals surface area contributed by atoms with E-state index in [1.807, 2.05) is 0 Å². The number of carbonyl (C=O) groups excluding carboxylic acids is 1. The van der Waals surface area contributed by atoms with Crippen LogP contribution in [0.3, 0.4) is 0 Å². The molecule has 1 saturated heterocycles. The topological polar surface area (TPSA) is 189 Å². The van der Waals surface area contributed by atoms with E-state index in [1.54, 1.807) is 0 Å². The smallest absolute Gasteiger partial charge is 0.249 e. The molecular weight excluding hydrogens is 1070 g/mol. The lowest BCUT2D eigenvalue weighted by molar-refractivity contribution is -0.303. The Hall–Kier alpha value is -0.890. The van der Waals surface area contributed by atoms with E-state index in [-0.39, 0.29) is 6.42 Å². The van der Waals surface area contributed by atoms with Gasteiger partial charge in [0.2, 0.25) is 5.91 Å². The normalized spacial score (nSPS) is 18.6. The van der Waals surface area contributed by atoms with E-state index in [1.165, 1.54) is 327 Å². The Balaban J connectivity index is 2.14. The summed E-state index contributed by atoms with van der Waals surface area (Å²) in [5, 5.41) is 76.7. The zero-order valence-corrected chi connectivity index (χ0v) is 57.1. The van der Waals surface area contributed by atoms with Gasteiger partial charge in [-0.25, -0.2) is 0 Å². The first-order valence-corrected chi connectivity index (χ1v) is 38.4. The molecule has 86 heavy (non-hydrogen) atoms. The highest BCUT2D eigenvalue weighted by Gasteiger charge is 2.44. The van der Waals surface area contributed by atoms with E-state index in [0.717, 1.165) is 38.5 Å². The molecule has 9 atom stereocenters. The molecule has 0 aromatic heterocycles. The molecule has 11 heteroatoms. The van der Waals surface area contributed by atoms with Gasteiger partial charge in [-0.05, 0) is 12.8 Å². The molecule has 1 aliphatic rings. The van der Waals surface area contributed by atoms with Crippen LogP contribution in [0.25, 0.3) is 0 Å². The summed E-state index contributed by atoms with van der Waals surface area (Å²) in [6, 6.07) is -1.17. The lowest BCUT2D eigenvalue weighted by Crippen LogP contribution is -2.60. The van der Waals surface area contributed by atoms with E-state index in [0.29, 0.717) is 19.3 Å². The van der Waals surface area contributed by atoms with E-state index >= 15 is 0 Å². The monoisotopic (exact) mass is 1220 g/mol. The van der Waals surface area contributed by atoms with Gasteiger partial charge < -0.3 is 50.5 Å². The molecule has 0 spiro atoms. The van der Waals surface area contributed by atoms with Gasteiger partial charge in [0.15, 0.2) is 6.29 Å². The molecule has 0 saturated carbocycles. The second kappa shape index (κ2) is 64.2. The van der Waals surface area contributed by atoms with Crippen LogP contribution in [0.4, 0.5) is 0 Å². The molecule has 1 heterocycles. The maximum absolute atomic E-state index is 13.3. The number of hydrogen-bond donors (Lipinski definition) is 8. The second-order valence-electron chi connectivity index (χ2n) is 27.4. The quantitative estimate of drug-likeness (QED) is 0.0272. The Morgan fingerprint density at radius 1 is 0.360 bits per heavy atom. The third-order valence-corrected chi connectivity index (χ3v) is 19.2. The molecule has 1 aliphatic heterocycles. The molecule has 1 rings (SSSR count). The van der Waals surface area contributed by atoms with Crippen molar-refractivity contribution in [1.29, 1.82) is 0 Å². The molecule has 11 nitrogen and oxygen atoms in total. The zero-order valence-electron chi connectivity index (χ0n) is 57.1. The maximum Gasteiger partial charge on any atom is 0.249 e. The van der Waals surface area contributed by atoms with E-state index in [9.17, 15) is 40.5 Å². The Bertz CT molecular complexity index is 1360. The SMILES string of the molecule is CCCCCCCCCCCCCCCCCCCCCCCCCCCCCCCCC(O)C(=O)NC(COC1OC(CO)C(O)C(O)C1O)C(O)C(O)CCCCCCCCCCCCCCCCCCCCCCCCCCCCCCC. The molecule has 0 aliphatic carbocycles. The molecule has 0 radical (unpaired) electrons. The Labute approximate surface area is 532 Å². The van der Waals surface area contributed by atoms with Gasteiger partial charge in [-0.15, -0.1) is 0 Å². The Morgan fingerprint density at radius 3 is 0.860 bits per heavy atom. The van der Waals surface area contributed by atoms with Crippen LogP contribution in [0.15, 0.2) is 0 Å². The number of hydrogen-bond acceptors (Lipinski definition) is 10. The van der Waals surface area contributed by atoms with Gasteiger partial charge in [-0.1, -0.05) is 393 Å². The summed E-state index contributed by atoms with van der Waals surface area (Å²) >= 11 is 0. The van der Waals surface area contributed by atoms with Crippen LogP contribution in [0.2, 0.25) is 0 Å². The highest BCUT2D eigenvalue weighted by atomic mass is 16.7. The van der Waals surface area contributed by atoms with E-state index in [2.05, 4.69) is 19.2 Å². The molecule has 8 N–H and O–H groups in total. The summed E-state index contributed by atoms with van der Waals surface area (Å²) in [5.74, 6) is -0.685. The van der Waals surface area contributed by atoms with Gasteiger partial charge in [-0.3, -0.25) is 4.79 Å². The third kappa shape index (κ3) is 50.7. The predicted molar refractivity (Wildman–Crippen MR) is 363 cm³/mol. The van der Waals surface area contributed by atoms with Gasteiger partial charge in [-0.2, -0.15) is 0 Å². The third-order valence-electron chi connectivity index (χ3n) is 19.2. The number of amides is 1. The van der Waals surface area contributed by atoms with Crippen LogP contribution in [-0.2, 0) is 14.3 Å². The predicted octanol–water partition coefficient (Wildman–Crippen LogP) is 19.2. The molecule has 1 amide bonds. The lowest BCUT2D eigenvalue weighted by Gasteiger charge is -2.40. The Kier molecular flexibility index (Phi) is 62.1. The fourth-order valence-corrected chi connectivity index (χ4v) is 13.0. The van der Waals surface area contributed by atoms with Crippen molar-refractivity contribution < 1.29 is 50.0 Å². The molecule has 9 unspecified atom stereocenters. The number of carbonyl (C=O) groups is 1. The van der Waals surface area contributed by atoms with Crippen LogP contribution in [-0.4, -0.2) is 110 Å². The number of rotatable bonds is 69. The largest absolute Gasteiger partial charge is 0.394 e. The fourth-order valence-electron chi connectivity index (χ4n) is 13.0. The summed E-state index contributed by atoms with van der Waals surface area (Å²) < 4.78 is 11.2. The average molecular weight is 1230 g/mol. The first-order valence-electron chi connectivity index (χ1n) is 38.4. The average Bonchev–Trinajstić information content (AvgIpc) is 3.00. The van der Waals surface area contributed by atoms with Crippen LogP contribution in [0, 0.1) is 0 Å². The van der Waals surface area contributed by atoms with Crippen molar-refractivity contribution in [3.63, 3.8) is 0 Å². The standard InChI is InChI=1S/C75H149NO10/c1-3-5-7-9-11-13-15-17-19-21-23-25-27-29-31-33-35-37-39-41-43-45-47-49-51-53-55-57-59-61-63-68(79)74(84)76-66(65-85-75-73(83)72(82)71(81)69(64-77)86-75)70(80)67(78)62-60-58-56-54-52-50-48-46-44-42-40-38-36-34-32-30-28-26-24-22-20-18-16-14-12-10-8-6-4-2/h66-73,75,77-83H,3-65H2,1-2H3,(H,76,84). The summed E-state index contributed by atoms with van der Waals surface area (Å²) in [6.45, 7) is 3.54. The molecule has 514 valence electrons. The van der Waals surface area contributed by atoms with Crippen LogP contribution < -0.4 is 5.32 Å². The summed E-state index contributed by atoms with van der Waals surface area (Å²) in [5.41, 5.74) is 0. The minimum atomic E-state index is -1.66. The first kappa shape index (κ1) is 83.1. The van der Waals surface area contributed by atoms with Crippen LogP contribution in [0.5, 0.6) is 0 Å². The first-order chi connectivity index (χ1) is 42.2. The number of unbranched alkanes of at least 4 members (excludes halogenated alkanes) is 57. The van der Waals surface area contributed by atoms with Gasteiger partial charge in [0.1, 0.15) is 36.6 Å². The van der Waals surface area contributed by atoms with Crippen molar-refractivity contribution in [3.8, 4) is 0 Å². The van der Waals surface area contributed by atoms with Gasteiger partial charge in [0, 0.05) is 0 Å². The Morgan fingerprint density at radius 2 is 0.605 bits per heavy atom. The highest BCUT2D eigenvalue weighted by molar-refractivity contribution is 5.80. The van der Waals surface area contributed by atoms with Gasteiger partial charge in [0.25, 0.3) is 0 Å². The van der Waals surface area contributed by atoms with Crippen molar-refractivity contribution in [2.75, 3.05) is 13.2 Å². The van der Waals surface area contributed by atoms with Crippen molar-refractivity contribution >= 4 is 5.91 Å². The molecule has 1 fully saturated rings. The van der Waals surface area contributed by atoms with Crippen molar-refractivity contribution in [2.24, 2.45) is 0 Å². The van der Waals surface area contributed by atoms with Crippen molar-refractivity contribution in [2.45, 2.75) is 461 Å². The number of ether oxygens (including phenoxy) is 2. The van der Waals surface area contributed by atoms with E-state index in [4.69, 9.17) is 9.47 Å². The number of aliphatic hydroxyl groups is 7. The number of nitrogens with one attached hydrogen (secondary N) is 1. The second-order valence-corrected chi connectivity index (χ2v) is 27.4. The van der Waals surface area contributed by atoms with Crippen molar-refractivity contribution in [1.82, 2.24) is 5.32 Å². The van der Waals surface area contributed by atoms with E-state index < -0.39 is 74.2 Å². The summed E-state index contributed by atoms with van der Waals surface area (Å²) in [7, 11) is 0. The van der Waals surface area contributed by atoms with Crippen molar-refractivity contribution in [3.05, 3.63) is 0 Å². The van der Waals surface area contributed by atoms with Crippen LogP contribution in [0.1, 0.15) is 406 Å².